The summed E-state index contributed by atoms with van der Waals surface area (Å²) in [7, 11) is 1.61. The van der Waals surface area contributed by atoms with Gasteiger partial charge in [-0.15, -0.1) is 0 Å². The molecule has 0 saturated heterocycles. The Bertz CT molecular complexity index is 1300. The largest absolute Gasteiger partial charge is 0.497 e. The second-order valence-corrected chi connectivity index (χ2v) is 6.83. The zero-order valence-electron chi connectivity index (χ0n) is 16.7. The normalized spacial score (nSPS) is 11.1. The molecule has 0 aliphatic rings. The van der Waals surface area contributed by atoms with E-state index in [1.165, 1.54) is 6.08 Å². The topological polar surface area (TPSA) is 61.2 Å². The third-order valence-corrected chi connectivity index (χ3v) is 4.90. The van der Waals surface area contributed by atoms with Crippen LogP contribution in [0.5, 0.6) is 5.75 Å². The predicted molar refractivity (Wildman–Crippen MR) is 118 cm³/mol. The van der Waals surface area contributed by atoms with Crippen molar-refractivity contribution < 1.29 is 9.53 Å². The quantitative estimate of drug-likeness (QED) is 0.365. The minimum Gasteiger partial charge on any atom is -0.497 e. The van der Waals surface area contributed by atoms with Crippen LogP contribution in [-0.4, -0.2) is 22.4 Å². The summed E-state index contributed by atoms with van der Waals surface area (Å²) in [6.45, 7) is 1.80. The fourth-order valence-electron chi connectivity index (χ4n) is 3.31. The van der Waals surface area contributed by atoms with E-state index < -0.39 is 0 Å². The molecule has 148 valence electrons. The maximum atomic E-state index is 12.9. The van der Waals surface area contributed by atoms with E-state index in [1.54, 1.807) is 55.0 Å². The number of ketones is 1. The Morgan fingerprint density at radius 1 is 0.967 bits per heavy atom. The van der Waals surface area contributed by atoms with Gasteiger partial charge in [-0.2, -0.15) is 0 Å². The minimum atomic E-state index is -0.128. The van der Waals surface area contributed by atoms with E-state index in [-0.39, 0.29) is 11.3 Å². The predicted octanol–water partition coefficient (Wildman–Crippen LogP) is 4.60. The number of aromatic nitrogens is 2. The third-order valence-electron chi connectivity index (χ3n) is 4.90. The number of allylic oxidation sites excluding steroid dienone is 1. The van der Waals surface area contributed by atoms with Gasteiger partial charge in [0.05, 0.1) is 23.7 Å². The van der Waals surface area contributed by atoms with Crippen molar-refractivity contribution in [2.24, 2.45) is 0 Å². The lowest BCUT2D eigenvalue weighted by atomic mass is 10.1. The number of fused-ring (bicyclic) bond motifs is 1. The summed E-state index contributed by atoms with van der Waals surface area (Å²) in [5, 5.41) is 0.561. The van der Waals surface area contributed by atoms with Gasteiger partial charge in [0, 0.05) is 5.56 Å². The maximum absolute atomic E-state index is 12.9. The van der Waals surface area contributed by atoms with Crippen molar-refractivity contribution in [2.75, 3.05) is 7.11 Å². The molecule has 0 atom stereocenters. The standard InChI is InChI=1S/C25H20N2O3/c1-17-26-23-6-4-3-5-22(23)25(29)27(17)20-12-10-19(11-13-20)24(28)16-9-18-7-14-21(30-2)15-8-18/h3-16H,1-2H3. The Hall–Kier alpha value is -3.99. The van der Waals surface area contributed by atoms with Gasteiger partial charge in [-0.25, -0.2) is 4.98 Å². The third kappa shape index (κ3) is 3.78. The Morgan fingerprint density at radius 3 is 2.37 bits per heavy atom. The molecule has 0 radical (unpaired) electrons. The molecule has 5 nitrogen and oxygen atoms in total. The first-order valence-electron chi connectivity index (χ1n) is 9.52. The first kappa shape index (κ1) is 19.3. The van der Waals surface area contributed by atoms with Crippen LogP contribution in [0.4, 0.5) is 0 Å². The SMILES string of the molecule is COc1ccc(C=CC(=O)c2ccc(-n3c(C)nc4ccccc4c3=O)cc2)cc1. The van der Waals surface area contributed by atoms with Crippen LogP contribution in [0.1, 0.15) is 21.7 Å². The molecular formula is C25H20N2O3. The number of ether oxygens (including phenoxy) is 1. The summed E-state index contributed by atoms with van der Waals surface area (Å²) < 4.78 is 6.69. The summed E-state index contributed by atoms with van der Waals surface area (Å²) in [6, 6.07) is 21.7. The first-order valence-corrected chi connectivity index (χ1v) is 9.52. The number of nitrogens with zero attached hydrogens (tertiary/aromatic N) is 2. The molecule has 0 saturated carbocycles. The molecule has 1 heterocycles. The van der Waals surface area contributed by atoms with Crippen LogP contribution in [-0.2, 0) is 0 Å². The van der Waals surface area contributed by atoms with Crippen molar-refractivity contribution in [3.63, 3.8) is 0 Å². The van der Waals surface area contributed by atoms with Gasteiger partial charge < -0.3 is 4.74 Å². The lowest BCUT2D eigenvalue weighted by Crippen LogP contribution is -2.22. The lowest BCUT2D eigenvalue weighted by molar-refractivity contribution is 0.104. The van der Waals surface area contributed by atoms with E-state index in [1.807, 2.05) is 42.5 Å². The van der Waals surface area contributed by atoms with Gasteiger partial charge in [-0.05, 0) is 67.1 Å². The molecule has 0 aliphatic carbocycles. The number of carbonyl (C=O) groups is 1. The summed E-state index contributed by atoms with van der Waals surface area (Å²) >= 11 is 0. The Labute approximate surface area is 173 Å². The summed E-state index contributed by atoms with van der Waals surface area (Å²) in [5.41, 5.74) is 2.67. The molecule has 0 unspecified atom stereocenters. The fourth-order valence-corrected chi connectivity index (χ4v) is 3.31. The highest BCUT2D eigenvalue weighted by Gasteiger charge is 2.10. The number of carbonyl (C=O) groups excluding carboxylic acids is 1. The van der Waals surface area contributed by atoms with Gasteiger partial charge >= 0.3 is 0 Å². The highest BCUT2D eigenvalue weighted by Crippen LogP contribution is 2.15. The van der Waals surface area contributed by atoms with Crippen molar-refractivity contribution in [1.82, 2.24) is 9.55 Å². The number of methoxy groups -OCH3 is 1. The van der Waals surface area contributed by atoms with Gasteiger partial charge in [0.15, 0.2) is 5.78 Å². The molecule has 0 bridgehead atoms. The van der Waals surface area contributed by atoms with Crippen molar-refractivity contribution >= 4 is 22.8 Å². The van der Waals surface area contributed by atoms with Crippen molar-refractivity contribution in [1.29, 1.82) is 0 Å². The molecule has 1 aromatic heterocycles. The summed E-state index contributed by atoms with van der Waals surface area (Å²) in [5.74, 6) is 1.25. The molecule has 30 heavy (non-hydrogen) atoms. The van der Waals surface area contributed by atoms with Crippen LogP contribution < -0.4 is 10.3 Å². The molecule has 4 aromatic rings. The van der Waals surface area contributed by atoms with E-state index in [0.717, 1.165) is 11.3 Å². The number of benzene rings is 3. The van der Waals surface area contributed by atoms with Crippen molar-refractivity contribution in [3.8, 4) is 11.4 Å². The number of hydrogen-bond donors (Lipinski definition) is 0. The molecular weight excluding hydrogens is 376 g/mol. The zero-order chi connectivity index (χ0) is 21.1. The Balaban J connectivity index is 1.60. The van der Waals surface area contributed by atoms with Crippen LogP contribution in [0.15, 0.2) is 83.7 Å². The van der Waals surface area contributed by atoms with E-state index >= 15 is 0 Å². The van der Waals surface area contributed by atoms with Crippen LogP contribution in [0.3, 0.4) is 0 Å². The number of rotatable bonds is 5. The van der Waals surface area contributed by atoms with Gasteiger partial charge in [0.1, 0.15) is 11.6 Å². The number of aryl methyl sites for hydroxylation is 1. The van der Waals surface area contributed by atoms with Crippen LogP contribution in [0.2, 0.25) is 0 Å². The van der Waals surface area contributed by atoms with E-state index in [0.29, 0.717) is 28.0 Å². The fraction of sp³-hybridized carbons (Fsp3) is 0.0800. The van der Waals surface area contributed by atoms with Crippen LogP contribution in [0, 0.1) is 6.92 Å². The monoisotopic (exact) mass is 396 g/mol. The highest BCUT2D eigenvalue weighted by molar-refractivity contribution is 6.06. The Morgan fingerprint density at radius 2 is 1.67 bits per heavy atom. The van der Waals surface area contributed by atoms with E-state index in [2.05, 4.69) is 4.98 Å². The maximum Gasteiger partial charge on any atom is 0.265 e. The van der Waals surface area contributed by atoms with Gasteiger partial charge in [0.25, 0.3) is 5.56 Å². The number of para-hydroxylation sites is 1. The molecule has 0 amide bonds. The van der Waals surface area contributed by atoms with Crippen LogP contribution in [0.25, 0.3) is 22.7 Å². The molecule has 5 heteroatoms. The minimum absolute atomic E-state index is 0.113. The van der Waals surface area contributed by atoms with Crippen molar-refractivity contribution in [2.45, 2.75) is 6.92 Å². The molecule has 0 fully saturated rings. The second kappa shape index (κ2) is 8.17. The number of hydrogen-bond acceptors (Lipinski definition) is 4. The first-order chi connectivity index (χ1) is 14.6. The zero-order valence-corrected chi connectivity index (χ0v) is 16.7. The average molecular weight is 396 g/mol. The smallest absolute Gasteiger partial charge is 0.265 e. The second-order valence-electron chi connectivity index (χ2n) is 6.83. The molecule has 0 spiro atoms. The lowest BCUT2D eigenvalue weighted by Gasteiger charge is -2.11. The average Bonchev–Trinajstić information content (AvgIpc) is 2.78. The summed E-state index contributed by atoms with van der Waals surface area (Å²) in [4.78, 5) is 29.9. The van der Waals surface area contributed by atoms with E-state index in [9.17, 15) is 9.59 Å². The molecule has 4 rings (SSSR count). The van der Waals surface area contributed by atoms with E-state index in [4.69, 9.17) is 4.74 Å². The van der Waals surface area contributed by atoms with Gasteiger partial charge in [-0.3, -0.25) is 14.2 Å². The molecule has 3 aromatic carbocycles. The van der Waals surface area contributed by atoms with Crippen molar-refractivity contribution in [3.05, 3.63) is 106 Å². The van der Waals surface area contributed by atoms with Crippen LogP contribution >= 0.6 is 0 Å². The summed E-state index contributed by atoms with van der Waals surface area (Å²) in [6.07, 6.45) is 3.30. The molecule has 0 aliphatic heterocycles. The van der Waals surface area contributed by atoms with Gasteiger partial charge in [0.2, 0.25) is 0 Å². The Kier molecular flexibility index (Phi) is 5.26. The van der Waals surface area contributed by atoms with Gasteiger partial charge in [-0.1, -0.05) is 30.3 Å². The molecule has 0 N–H and O–H groups in total. The highest BCUT2D eigenvalue weighted by atomic mass is 16.5.